The Labute approximate surface area is 250 Å². The number of carbonyl (C=O) groups excluding carboxylic acids is 2. The highest BCUT2D eigenvalue weighted by atomic mass is 35.5. The lowest BCUT2D eigenvalue weighted by atomic mass is 9.84. The topological polar surface area (TPSA) is 105 Å². The minimum atomic E-state index is -1.03. The van der Waals surface area contributed by atoms with Crippen molar-refractivity contribution in [2.24, 2.45) is 0 Å². The van der Waals surface area contributed by atoms with Crippen LogP contribution < -0.4 is 15.4 Å². The van der Waals surface area contributed by atoms with Crippen molar-refractivity contribution in [3.8, 4) is 5.75 Å². The normalized spacial score (nSPS) is 11.8. The van der Waals surface area contributed by atoms with Crippen molar-refractivity contribution < 1.29 is 24.2 Å². The fourth-order valence-electron chi connectivity index (χ4n) is 4.46. The lowest BCUT2D eigenvalue weighted by molar-refractivity contribution is -0.137. The molecular weight excluding hydrogens is 552 g/mol. The Morgan fingerprint density at radius 3 is 2.26 bits per heavy atom. The Hall–Kier alpha value is -4.62. The molecule has 0 aliphatic heterocycles. The van der Waals surface area contributed by atoms with E-state index >= 15 is 0 Å². The lowest BCUT2D eigenvalue weighted by Crippen LogP contribution is -2.41. The second kappa shape index (κ2) is 13.8. The molecule has 4 rings (SSSR count). The van der Waals surface area contributed by atoms with Crippen LogP contribution in [0.4, 0.5) is 5.69 Å². The maximum atomic E-state index is 13.1. The van der Waals surface area contributed by atoms with Crippen molar-refractivity contribution in [1.82, 2.24) is 5.32 Å². The van der Waals surface area contributed by atoms with Crippen LogP contribution in [0.3, 0.4) is 0 Å². The molecule has 4 aromatic carbocycles. The number of carboxylic acids is 1. The molecule has 8 heteroatoms. The number of amides is 1. The number of halogens is 1. The molecule has 42 heavy (non-hydrogen) atoms. The average Bonchev–Trinajstić information content (AvgIpc) is 3.00. The van der Waals surface area contributed by atoms with E-state index in [1.165, 1.54) is 0 Å². The Morgan fingerprint density at radius 2 is 1.57 bits per heavy atom. The molecule has 0 saturated heterocycles. The van der Waals surface area contributed by atoms with Crippen LogP contribution in [0.5, 0.6) is 5.75 Å². The van der Waals surface area contributed by atoms with Gasteiger partial charge in [-0.15, -0.1) is 0 Å². The van der Waals surface area contributed by atoms with Crippen molar-refractivity contribution in [2.45, 2.75) is 31.7 Å². The van der Waals surface area contributed by atoms with E-state index in [2.05, 4.69) is 10.6 Å². The molecule has 1 unspecified atom stereocenters. The number of hydrogen-bond donors (Lipinski definition) is 3. The molecule has 0 heterocycles. The summed E-state index contributed by atoms with van der Waals surface area (Å²) in [6, 6.07) is 29.2. The Balaban J connectivity index is 1.32. The molecule has 216 valence electrons. The summed E-state index contributed by atoms with van der Waals surface area (Å²) in [6.07, 6.45) is 0.193. The van der Waals surface area contributed by atoms with Crippen LogP contribution in [0, 0.1) is 0 Å². The fourth-order valence-corrected chi connectivity index (χ4v) is 4.65. The third kappa shape index (κ3) is 7.77. The summed E-state index contributed by atoms with van der Waals surface area (Å²) < 4.78 is 5.78. The molecule has 0 aliphatic rings. The van der Waals surface area contributed by atoms with Crippen LogP contribution >= 0.6 is 11.6 Å². The number of anilines is 1. The van der Waals surface area contributed by atoms with Crippen molar-refractivity contribution in [3.63, 3.8) is 0 Å². The number of ether oxygens (including phenoxy) is 1. The van der Waals surface area contributed by atoms with Crippen LogP contribution in [0.1, 0.15) is 40.9 Å². The number of para-hydroxylation sites is 1. The van der Waals surface area contributed by atoms with Gasteiger partial charge in [-0.25, -0.2) is 4.79 Å². The van der Waals surface area contributed by atoms with Gasteiger partial charge in [0.2, 0.25) is 5.91 Å². The second-order valence-electron chi connectivity index (χ2n) is 10.4. The molecule has 7 nitrogen and oxygen atoms in total. The lowest BCUT2D eigenvalue weighted by Gasteiger charge is -2.24. The van der Waals surface area contributed by atoms with E-state index in [0.717, 1.165) is 11.1 Å². The molecule has 0 spiro atoms. The van der Waals surface area contributed by atoms with Gasteiger partial charge >= 0.3 is 5.97 Å². The smallest absolute Gasteiger partial charge is 0.326 e. The van der Waals surface area contributed by atoms with Gasteiger partial charge in [-0.05, 0) is 61.4 Å². The summed E-state index contributed by atoms with van der Waals surface area (Å²) >= 11 is 6.08. The number of nitrogens with one attached hydrogen (secondary N) is 2. The number of aliphatic carboxylic acids is 1. The Morgan fingerprint density at radius 1 is 0.881 bits per heavy atom. The first kappa shape index (κ1) is 30.3. The second-order valence-corrected chi connectivity index (χ2v) is 10.8. The quantitative estimate of drug-likeness (QED) is 0.129. The molecule has 1 atom stereocenters. The monoisotopic (exact) mass is 584 g/mol. The number of carbonyl (C=O) groups is 3. The molecule has 0 saturated carbocycles. The van der Waals surface area contributed by atoms with Gasteiger partial charge in [0.15, 0.2) is 5.78 Å². The van der Waals surface area contributed by atoms with Crippen LogP contribution in [0.15, 0.2) is 103 Å². The highest BCUT2D eigenvalue weighted by Gasteiger charge is 2.29. The summed E-state index contributed by atoms with van der Waals surface area (Å²) in [5.74, 6) is -0.758. The van der Waals surface area contributed by atoms with Gasteiger partial charge in [0, 0.05) is 28.3 Å². The number of hydrogen-bond acceptors (Lipinski definition) is 5. The number of carboxylic acid groups (broad SMARTS) is 1. The standard InChI is InChI=1S/C34H33ClN2O5/c1-34(2,25-11-8-12-26(35)22-25)33(41)36-19-20-42-27-17-15-23(16-18-27)21-30(32(39)40)37-29-14-7-6-13-28(29)31(38)24-9-4-3-5-10-24/h3-18,22,30,37H,19-21H2,1-2H3,(H,36,41)(H,39,40). The first-order valence-electron chi connectivity index (χ1n) is 13.6. The van der Waals surface area contributed by atoms with Gasteiger partial charge in [-0.1, -0.05) is 78.3 Å². The maximum absolute atomic E-state index is 13.1. The summed E-state index contributed by atoms with van der Waals surface area (Å²) in [4.78, 5) is 37.9. The molecular formula is C34H33ClN2O5. The highest BCUT2D eigenvalue weighted by molar-refractivity contribution is 6.30. The van der Waals surface area contributed by atoms with E-state index in [1.54, 1.807) is 84.9 Å². The first-order chi connectivity index (χ1) is 20.1. The third-order valence-electron chi connectivity index (χ3n) is 6.97. The average molecular weight is 585 g/mol. The van der Waals surface area contributed by atoms with Gasteiger partial charge in [0.1, 0.15) is 18.4 Å². The van der Waals surface area contributed by atoms with E-state index in [4.69, 9.17) is 16.3 Å². The predicted molar refractivity (Wildman–Crippen MR) is 164 cm³/mol. The largest absolute Gasteiger partial charge is 0.492 e. The SMILES string of the molecule is CC(C)(C(=O)NCCOc1ccc(CC(Nc2ccccc2C(=O)c2ccccc2)C(=O)O)cc1)c1cccc(Cl)c1. The summed E-state index contributed by atoms with van der Waals surface area (Å²) in [7, 11) is 0. The summed E-state index contributed by atoms with van der Waals surface area (Å²) in [5.41, 5.74) is 2.24. The molecule has 1 amide bonds. The van der Waals surface area contributed by atoms with E-state index in [-0.39, 0.29) is 24.7 Å². The van der Waals surface area contributed by atoms with Crippen molar-refractivity contribution in [1.29, 1.82) is 0 Å². The van der Waals surface area contributed by atoms with Gasteiger partial charge in [0.05, 0.1) is 12.0 Å². The molecule has 3 N–H and O–H groups in total. The molecule has 0 radical (unpaired) electrons. The van der Waals surface area contributed by atoms with Gasteiger partial charge in [0.25, 0.3) is 0 Å². The van der Waals surface area contributed by atoms with Crippen molar-refractivity contribution >= 4 is 34.9 Å². The van der Waals surface area contributed by atoms with Gasteiger partial charge in [-0.3, -0.25) is 9.59 Å². The highest BCUT2D eigenvalue weighted by Crippen LogP contribution is 2.26. The van der Waals surface area contributed by atoms with E-state index in [9.17, 15) is 19.5 Å². The first-order valence-corrected chi connectivity index (χ1v) is 14.0. The van der Waals surface area contributed by atoms with Gasteiger partial charge < -0.3 is 20.5 Å². The van der Waals surface area contributed by atoms with E-state index < -0.39 is 17.4 Å². The molecule has 0 aromatic heterocycles. The minimum absolute atomic E-state index is 0.136. The Kier molecular flexibility index (Phi) is 9.99. The summed E-state index contributed by atoms with van der Waals surface area (Å²) in [6.45, 7) is 4.26. The number of ketones is 1. The van der Waals surface area contributed by atoms with Crippen LogP contribution in [0.2, 0.25) is 5.02 Å². The Bertz CT molecular complexity index is 1540. The summed E-state index contributed by atoms with van der Waals surface area (Å²) in [5, 5.41) is 16.4. The zero-order chi connectivity index (χ0) is 30.1. The van der Waals surface area contributed by atoms with Crippen molar-refractivity contribution in [3.05, 3.63) is 130 Å². The van der Waals surface area contributed by atoms with Gasteiger partial charge in [-0.2, -0.15) is 0 Å². The maximum Gasteiger partial charge on any atom is 0.326 e. The zero-order valence-electron chi connectivity index (χ0n) is 23.5. The number of rotatable bonds is 13. The molecule has 0 aliphatic carbocycles. The van der Waals surface area contributed by atoms with Crippen LogP contribution in [-0.4, -0.2) is 42.0 Å². The number of benzene rings is 4. The van der Waals surface area contributed by atoms with Crippen LogP contribution in [0.25, 0.3) is 0 Å². The molecule has 0 bridgehead atoms. The van der Waals surface area contributed by atoms with E-state index in [1.807, 2.05) is 32.0 Å². The fraction of sp³-hybridized carbons (Fsp3) is 0.206. The predicted octanol–water partition coefficient (Wildman–Crippen LogP) is 6.15. The molecule has 0 fully saturated rings. The van der Waals surface area contributed by atoms with E-state index in [0.29, 0.717) is 34.1 Å². The minimum Gasteiger partial charge on any atom is -0.492 e. The zero-order valence-corrected chi connectivity index (χ0v) is 24.2. The van der Waals surface area contributed by atoms with Crippen LogP contribution in [-0.2, 0) is 21.4 Å². The third-order valence-corrected chi connectivity index (χ3v) is 7.20. The van der Waals surface area contributed by atoms with Crippen molar-refractivity contribution in [2.75, 3.05) is 18.5 Å². The molecule has 4 aromatic rings.